The Morgan fingerprint density at radius 2 is 1.79 bits per heavy atom. The number of hydrogen-bond acceptors (Lipinski definition) is 2. The summed E-state index contributed by atoms with van der Waals surface area (Å²) in [5, 5.41) is 0. The van der Waals surface area contributed by atoms with E-state index in [4.69, 9.17) is 0 Å². The molecule has 0 aliphatic rings. The van der Waals surface area contributed by atoms with E-state index < -0.39 is 0 Å². The largest absolute Gasteiger partial charge is 0.345 e. The standard InChI is InChI=1S/C10H8N2O.ClH/c13-10-11-7-6-9(12-10)8-4-2-1-3-5-8;/h1-7H,(H,11,12,13);1H. The van der Waals surface area contributed by atoms with E-state index in [1.807, 2.05) is 30.3 Å². The van der Waals surface area contributed by atoms with Gasteiger partial charge >= 0.3 is 5.69 Å². The van der Waals surface area contributed by atoms with Gasteiger partial charge in [-0.1, -0.05) is 30.3 Å². The lowest BCUT2D eigenvalue weighted by Crippen LogP contribution is -2.09. The molecule has 1 aromatic heterocycles. The number of nitrogens with zero attached hydrogens (tertiary/aromatic N) is 1. The van der Waals surface area contributed by atoms with Gasteiger partial charge in [-0.25, -0.2) is 9.78 Å². The third-order valence-electron chi connectivity index (χ3n) is 1.76. The van der Waals surface area contributed by atoms with Gasteiger partial charge in [0.25, 0.3) is 0 Å². The molecule has 0 fully saturated rings. The van der Waals surface area contributed by atoms with Crippen LogP contribution in [0.25, 0.3) is 11.3 Å². The topological polar surface area (TPSA) is 45.8 Å². The molecule has 2 aromatic rings. The predicted octanol–water partition coefficient (Wildman–Crippen LogP) is 1.86. The molecular weight excluding hydrogens is 200 g/mol. The first-order valence-electron chi connectivity index (χ1n) is 3.97. The fourth-order valence-corrected chi connectivity index (χ4v) is 1.15. The first-order valence-corrected chi connectivity index (χ1v) is 3.97. The molecule has 0 radical (unpaired) electrons. The first kappa shape index (κ1) is 10.5. The van der Waals surface area contributed by atoms with E-state index in [0.29, 0.717) is 0 Å². The van der Waals surface area contributed by atoms with Crippen LogP contribution in [-0.2, 0) is 0 Å². The van der Waals surface area contributed by atoms with Crippen LogP contribution in [0, 0.1) is 0 Å². The Morgan fingerprint density at radius 1 is 1.07 bits per heavy atom. The van der Waals surface area contributed by atoms with Crippen molar-refractivity contribution in [1.82, 2.24) is 9.97 Å². The summed E-state index contributed by atoms with van der Waals surface area (Å²) in [6.45, 7) is 0. The van der Waals surface area contributed by atoms with Crippen molar-refractivity contribution in [2.75, 3.05) is 0 Å². The molecule has 1 N–H and O–H groups in total. The maximum atomic E-state index is 10.9. The number of benzene rings is 1. The minimum Gasteiger partial charge on any atom is -0.305 e. The number of nitrogens with one attached hydrogen (secondary N) is 1. The minimum absolute atomic E-state index is 0. The lowest BCUT2D eigenvalue weighted by molar-refractivity contribution is 1.08. The smallest absolute Gasteiger partial charge is 0.305 e. The second-order valence-corrected chi connectivity index (χ2v) is 2.65. The highest BCUT2D eigenvalue weighted by Crippen LogP contribution is 2.12. The van der Waals surface area contributed by atoms with Crippen LogP contribution >= 0.6 is 12.4 Å². The van der Waals surface area contributed by atoms with E-state index in [1.165, 1.54) is 6.20 Å². The Kier molecular flexibility index (Phi) is 3.42. The molecule has 0 saturated heterocycles. The Bertz CT molecular complexity index is 453. The van der Waals surface area contributed by atoms with Gasteiger partial charge in [-0.2, -0.15) is 0 Å². The highest BCUT2D eigenvalue weighted by molar-refractivity contribution is 5.85. The Hall–Kier alpha value is -1.61. The van der Waals surface area contributed by atoms with Crippen molar-refractivity contribution in [2.24, 2.45) is 0 Å². The molecule has 4 heteroatoms. The van der Waals surface area contributed by atoms with Gasteiger partial charge < -0.3 is 4.98 Å². The Balaban J connectivity index is 0.000000980. The molecule has 0 unspecified atom stereocenters. The highest BCUT2D eigenvalue weighted by Gasteiger charge is 1.95. The van der Waals surface area contributed by atoms with Crippen LogP contribution in [0.15, 0.2) is 47.4 Å². The highest BCUT2D eigenvalue weighted by atomic mass is 35.5. The average molecular weight is 209 g/mol. The summed E-state index contributed by atoms with van der Waals surface area (Å²) in [5.74, 6) is 0. The summed E-state index contributed by atoms with van der Waals surface area (Å²) in [4.78, 5) is 17.1. The second kappa shape index (κ2) is 4.58. The number of H-pyrrole nitrogens is 1. The molecular formula is C10H9ClN2O. The number of hydrogen-bond donors (Lipinski definition) is 1. The first-order chi connectivity index (χ1) is 6.36. The summed E-state index contributed by atoms with van der Waals surface area (Å²) >= 11 is 0. The molecule has 0 amide bonds. The monoisotopic (exact) mass is 208 g/mol. The van der Waals surface area contributed by atoms with Gasteiger partial charge in [-0.3, -0.25) is 0 Å². The molecule has 1 heterocycles. The Morgan fingerprint density at radius 3 is 2.43 bits per heavy atom. The number of rotatable bonds is 1. The summed E-state index contributed by atoms with van der Waals surface area (Å²) in [6.07, 6.45) is 1.50. The van der Waals surface area contributed by atoms with Crippen LogP contribution < -0.4 is 5.69 Å². The van der Waals surface area contributed by atoms with Crippen LogP contribution in [0.4, 0.5) is 0 Å². The zero-order chi connectivity index (χ0) is 9.10. The van der Waals surface area contributed by atoms with Crippen molar-refractivity contribution in [3.8, 4) is 11.3 Å². The third kappa shape index (κ3) is 2.20. The van der Waals surface area contributed by atoms with Crippen LogP contribution in [-0.4, -0.2) is 9.97 Å². The molecule has 0 aliphatic heterocycles. The fourth-order valence-electron chi connectivity index (χ4n) is 1.15. The minimum atomic E-state index is -0.318. The molecule has 72 valence electrons. The van der Waals surface area contributed by atoms with E-state index in [-0.39, 0.29) is 18.1 Å². The molecule has 0 spiro atoms. The van der Waals surface area contributed by atoms with Gasteiger partial charge in [-0.15, -0.1) is 12.4 Å². The van der Waals surface area contributed by atoms with Crippen LogP contribution in [0.5, 0.6) is 0 Å². The van der Waals surface area contributed by atoms with Gasteiger partial charge in [0.1, 0.15) is 0 Å². The van der Waals surface area contributed by atoms with E-state index in [1.54, 1.807) is 6.07 Å². The van der Waals surface area contributed by atoms with Gasteiger partial charge in [-0.05, 0) is 11.6 Å². The molecule has 3 nitrogen and oxygen atoms in total. The maximum absolute atomic E-state index is 10.9. The van der Waals surface area contributed by atoms with E-state index >= 15 is 0 Å². The quantitative estimate of drug-likeness (QED) is 0.778. The van der Waals surface area contributed by atoms with Crippen molar-refractivity contribution in [3.63, 3.8) is 0 Å². The molecule has 0 bridgehead atoms. The van der Waals surface area contributed by atoms with Crippen LogP contribution in [0.3, 0.4) is 0 Å². The molecule has 0 saturated carbocycles. The summed E-state index contributed by atoms with van der Waals surface area (Å²) in [6, 6.07) is 11.4. The number of aromatic nitrogens is 2. The molecule has 1 aromatic carbocycles. The van der Waals surface area contributed by atoms with Gasteiger partial charge in [0.15, 0.2) is 0 Å². The summed E-state index contributed by atoms with van der Waals surface area (Å²) in [5.41, 5.74) is 1.46. The number of halogens is 1. The van der Waals surface area contributed by atoms with Crippen molar-refractivity contribution < 1.29 is 0 Å². The lowest BCUT2D eigenvalue weighted by atomic mass is 10.1. The SMILES string of the molecule is Cl.O=c1nccc(-c2ccccc2)[nH]1. The van der Waals surface area contributed by atoms with Gasteiger partial charge in [0.2, 0.25) is 0 Å². The summed E-state index contributed by atoms with van der Waals surface area (Å²) < 4.78 is 0. The van der Waals surface area contributed by atoms with E-state index in [2.05, 4.69) is 9.97 Å². The summed E-state index contributed by atoms with van der Waals surface area (Å²) in [7, 11) is 0. The lowest BCUT2D eigenvalue weighted by Gasteiger charge is -1.98. The zero-order valence-corrected chi connectivity index (χ0v) is 8.12. The molecule has 14 heavy (non-hydrogen) atoms. The normalized spacial score (nSPS) is 9.14. The predicted molar refractivity (Wildman–Crippen MR) is 57.5 cm³/mol. The van der Waals surface area contributed by atoms with E-state index in [0.717, 1.165) is 11.3 Å². The van der Waals surface area contributed by atoms with Crippen molar-refractivity contribution in [2.45, 2.75) is 0 Å². The van der Waals surface area contributed by atoms with Crippen LogP contribution in [0.1, 0.15) is 0 Å². The number of aromatic amines is 1. The molecule has 2 rings (SSSR count). The average Bonchev–Trinajstić information content (AvgIpc) is 2.19. The van der Waals surface area contributed by atoms with Crippen molar-refractivity contribution in [3.05, 3.63) is 53.1 Å². The molecule has 0 atom stereocenters. The maximum Gasteiger partial charge on any atom is 0.345 e. The van der Waals surface area contributed by atoms with Gasteiger partial charge in [0.05, 0.1) is 5.69 Å². The van der Waals surface area contributed by atoms with E-state index in [9.17, 15) is 4.79 Å². The second-order valence-electron chi connectivity index (χ2n) is 2.65. The van der Waals surface area contributed by atoms with Crippen molar-refractivity contribution >= 4 is 12.4 Å². The Labute approximate surface area is 87.2 Å². The fraction of sp³-hybridized carbons (Fsp3) is 0. The molecule has 0 aliphatic carbocycles. The third-order valence-corrected chi connectivity index (χ3v) is 1.76. The van der Waals surface area contributed by atoms with Crippen LogP contribution in [0.2, 0.25) is 0 Å². The van der Waals surface area contributed by atoms with Crippen molar-refractivity contribution in [1.29, 1.82) is 0 Å². The van der Waals surface area contributed by atoms with Gasteiger partial charge in [0, 0.05) is 6.20 Å². The zero-order valence-electron chi connectivity index (χ0n) is 7.31.